The van der Waals surface area contributed by atoms with Crippen LogP contribution in [-0.4, -0.2) is 49.3 Å². The van der Waals surface area contributed by atoms with Crippen molar-refractivity contribution < 1.29 is 23.7 Å². The zero-order valence-corrected chi connectivity index (χ0v) is 20.2. The Kier molecular flexibility index (Phi) is 7.07. The van der Waals surface area contributed by atoms with Crippen LogP contribution in [-0.2, 0) is 4.74 Å². The van der Waals surface area contributed by atoms with Gasteiger partial charge in [0.2, 0.25) is 0 Å². The number of benzene rings is 2. The Morgan fingerprint density at radius 1 is 1.09 bits per heavy atom. The fourth-order valence-corrected chi connectivity index (χ4v) is 4.99. The number of nitrogens with zero attached hydrogens (tertiary/aromatic N) is 1. The van der Waals surface area contributed by atoms with Crippen molar-refractivity contribution in [2.75, 3.05) is 26.3 Å². The van der Waals surface area contributed by atoms with Gasteiger partial charge in [-0.05, 0) is 74.5 Å². The monoisotopic (exact) mass is 465 g/mol. The number of hydrogen-bond donors (Lipinski definition) is 0. The van der Waals surface area contributed by atoms with Gasteiger partial charge < -0.3 is 18.9 Å². The van der Waals surface area contributed by atoms with Crippen molar-refractivity contribution >= 4 is 5.78 Å². The van der Waals surface area contributed by atoms with Crippen molar-refractivity contribution in [3.63, 3.8) is 0 Å². The molecule has 182 valence electrons. The minimum Gasteiger partial charge on any atom is -0.492 e. The molecule has 6 nitrogen and oxygen atoms in total. The molecule has 2 saturated heterocycles. The maximum atomic E-state index is 12.9. The van der Waals surface area contributed by atoms with E-state index in [1.54, 1.807) is 6.07 Å². The molecular formula is C28H35NO5. The van der Waals surface area contributed by atoms with Crippen LogP contribution in [0.4, 0.5) is 0 Å². The van der Waals surface area contributed by atoms with Crippen LogP contribution in [0.15, 0.2) is 42.5 Å². The molecule has 3 aliphatic heterocycles. The maximum Gasteiger partial charge on any atom is 0.199 e. The van der Waals surface area contributed by atoms with Crippen molar-refractivity contribution in [2.24, 2.45) is 5.92 Å². The normalized spacial score (nSPS) is 25.9. The Hall–Kier alpha value is -2.57. The average Bonchev–Trinajstić information content (AvgIpc) is 3.30. The molecule has 0 bridgehead atoms. The first kappa shape index (κ1) is 23.2. The molecule has 0 amide bonds. The third kappa shape index (κ3) is 5.39. The standard InChI is InChI=1S/C28H35NO5/c1-19-12-13-29(17-19)20(2)18-32-22-8-6-21(7-9-22)27-16-25(30)24-15-23(10-11-26(24)34-27)33-28-5-3-4-14-31-28/h6-11,15,19-20,27-28H,3-5,12-14,16-18H2,1-2H3. The zero-order chi connectivity index (χ0) is 23.5. The fourth-order valence-electron chi connectivity index (χ4n) is 4.99. The molecule has 3 aliphatic rings. The molecule has 4 unspecified atom stereocenters. The molecule has 3 heterocycles. The summed E-state index contributed by atoms with van der Waals surface area (Å²) in [7, 11) is 0. The molecule has 0 aliphatic carbocycles. The number of likely N-dealkylation sites (tertiary alicyclic amines) is 1. The molecule has 0 radical (unpaired) electrons. The minimum absolute atomic E-state index is 0.0651. The van der Waals surface area contributed by atoms with Gasteiger partial charge >= 0.3 is 0 Å². The lowest BCUT2D eigenvalue weighted by Crippen LogP contribution is -2.35. The van der Waals surface area contributed by atoms with Gasteiger partial charge in [-0.1, -0.05) is 19.1 Å². The lowest BCUT2D eigenvalue weighted by atomic mass is 9.96. The summed E-state index contributed by atoms with van der Waals surface area (Å²) in [6, 6.07) is 13.8. The Morgan fingerprint density at radius 2 is 1.91 bits per heavy atom. The largest absolute Gasteiger partial charge is 0.492 e. The van der Waals surface area contributed by atoms with Gasteiger partial charge in [0.25, 0.3) is 0 Å². The Labute approximate surface area is 202 Å². The highest BCUT2D eigenvalue weighted by Crippen LogP contribution is 2.37. The molecule has 0 aromatic heterocycles. The smallest absolute Gasteiger partial charge is 0.199 e. The van der Waals surface area contributed by atoms with E-state index in [1.165, 1.54) is 6.42 Å². The van der Waals surface area contributed by atoms with Gasteiger partial charge in [0.05, 0.1) is 18.6 Å². The van der Waals surface area contributed by atoms with Crippen molar-refractivity contribution in [3.8, 4) is 17.2 Å². The number of rotatable bonds is 7. The van der Waals surface area contributed by atoms with E-state index in [0.29, 0.717) is 36.1 Å². The summed E-state index contributed by atoms with van der Waals surface area (Å²) in [5.74, 6) is 2.94. The average molecular weight is 466 g/mol. The quantitative estimate of drug-likeness (QED) is 0.545. The van der Waals surface area contributed by atoms with E-state index in [9.17, 15) is 4.79 Å². The Morgan fingerprint density at radius 3 is 2.65 bits per heavy atom. The molecule has 0 saturated carbocycles. The van der Waals surface area contributed by atoms with Crippen LogP contribution >= 0.6 is 0 Å². The lowest BCUT2D eigenvalue weighted by molar-refractivity contribution is -0.105. The molecule has 2 aromatic rings. The predicted octanol–water partition coefficient (Wildman–Crippen LogP) is 5.41. The highest BCUT2D eigenvalue weighted by molar-refractivity contribution is 6.00. The zero-order valence-electron chi connectivity index (χ0n) is 20.2. The van der Waals surface area contributed by atoms with Crippen LogP contribution in [0.25, 0.3) is 0 Å². The van der Waals surface area contributed by atoms with Gasteiger partial charge in [-0.15, -0.1) is 0 Å². The van der Waals surface area contributed by atoms with Crippen molar-refractivity contribution in [2.45, 2.75) is 64.4 Å². The molecule has 0 spiro atoms. The summed E-state index contributed by atoms with van der Waals surface area (Å²) in [6.07, 6.45) is 4.09. The first-order chi connectivity index (χ1) is 16.5. The van der Waals surface area contributed by atoms with Crippen molar-refractivity contribution in [1.82, 2.24) is 4.90 Å². The molecule has 0 N–H and O–H groups in total. The summed E-state index contributed by atoms with van der Waals surface area (Å²) < 4.78 is 23.8. The summed E-state index contributed by atoms with van der Waals surface area (Å²) in [5, 5.41) is 0. The highest BCUT2D eigenvalue weighted by Gasteiger charge is 2.29. The number of fused-ring (bicyclic) bond motifs is 1. The second kappa shape index (κ2) is 10.4. The van der Waals surface area contributed by atoms with Crippen molar-refractivity contribution in [1.29, 1.82) is 0 Å². The molecule has 6 heteroatoms. The van der Waals surface area contributed by atoms with Crippen LogP contribution in [0.2, 0.25) is 0 Å². The number of ketones is 1. The highest BCUT2D eigenvalue weighted by atomic mass is 16.7. The summed E-state index contributed by atoms with van der Waals surface area (Å²) in [5.41, 5.74) is 1.55. The van der Waals surface area contributed by atoms with Crippen LogP contribution in [0, 0.1) is 5.92 Å². The van der Waals surface area contributed by atoms with Gasteiger partial charge in [0.1, 0.15) is 30.0 Å². The fraction of sp³-hybridized carbons (Fsp3) is 0.536. The first-order valence-electron chi connectivity index (χ1n) is 12.6. The molecular weight excluding hydrogens is 430 g/mol. The van der Waals surface area contributed by atoms with Crippen LogP contribution in [0.1, 0.15) is 68.0 Å². The van der Waals surface area contributed by atoms with E-state index in [4.69, 9.17) is 18.9 Å². The molecule has 4 atom stereocenters. The molecule has 2 fully saturated rings. The van der Waals surface area contributed by atoms with Crippen molar-refractivity contribution in [3.05, 3.63) is 53.6 Å². The van der Waals surface area contributed by atoms with Crippen LogP contribution in [0.3, 0.4) is 0 Å². The topological polar surface area (TPSA) is 57.2 Å². The van der Waals surface area contributed by atoms with Crippen LogP contribution < -0.4 is 14.2 Å². The summed E-state index contributed by atoms with van der Waals surface area (Å²) in [6.45, 7) is 8.24. The number of hydrogen-bond acceptors (Lipinski definition) is 6. The summed E-state index contributed by atoms with van der Waals surface area (Å²) in [4.78, 5) is 15.4. The van der Waals surface area contributed by atoms with E-state index in [0.717, 1.165) is 56.2 Å². The predicted molar refractivity (Wildman–Crippen MR) is 130 cm³/mol. The van der Waals surface area contributed by atoms with Gasteiger partial charge in [0, 0.05) is 19.0 Å². The number of carbonyl (C=O) groups is 1. The third-order valence-electron chi connectivity index (χ3n) is 7.12. The van der Waals surface area contributed by atoms with Gasteiger partial charge in [-0.2, -0.15) is 0 Å². The van der Waals surface area contributed by atoms with E-state index in [1.807, 2.05) is 36.4 Å². The van der Waals surface area contributed by atoms with Gasteiger partial charge in [-0.25, -0.2) is 0 Å². The Bertz CT molecular complexity index is 985. The molecule has 34 heavy (non-hydrogen) atoms. The maximum absolute atomic E-state index is 12.9. The SMILES string of the molecule is CC1CCN(C(C)COc2ccc(C3CC(=O)c4cc(OC5CCCCO5)ccc4O3)cc2)C1. The second-order valence-corrected chi connectivity index (χ2v) is 9.92. The molecule has 5 rings (SSSR count). The van der Waals surface area contributed by atoms with Crippen LogP contribution in [0.5, 0.6) is 17.2 Å². The van der Waals surface area contributed by atoms with E-state index >= 15 is 0 Å². The first-order valence-corrected chi connectivity index (χ1v) is 12.6. The molecule has 2 aromatic carbocycles. The van der Waals surface area contributed by atoms with E-state index in [2.05, 4.69) is 18.7 Å². The lowest BCUT2D eigenvalue weighted by Gasteiger charge is -2.27. The van der Waals surface area contributed by atoms with E-state index < -0.39 is 0 Å². The summed E-state index contributed by atoms with van der Waals surface area (Å²) >= 11 is 0. The van der Waals surface area contributed by atoms with Gasteiger partial charge in [0.15, 0.2) is 12.1 Å². The van der Waals surface area contributed by atoms with Gasteiger partial charge in [-0.3, -0.25) is 9.69 Å². The second-order valence-electron chi connectivity index (χ2n) is 9.92. The van der Waals surface area contributed by atoms with E-state index in [-0.39, 0.29) is 18.2 Å². The number of ether oxygens (including phenoxy) is 4. The number of Topliss-reactive ketones (excluding diaryl/α,β-unsaturated/α-hetero) is 1. The number of carbonyl (C=O) groups excluding carboxylic acids is 1. The minimum atomic E-state index is -0.299. The Balaban J connectivity index is 1.18. The third-order valence-corrected chi connectivity index (χ3v) is 7.12.